The second kappa shape index (κ2) is 3.74. The summed E-state index contributed by atoms with van der Waals surface area (Å²) in [4.78, 5) is 14.8. The number of nitrogens with zero attached hydrogens (tertiary/aromatic N) is 2. The third-order valence-electron chi connectivity index (χ3n) is 1.77. The summed E-state index contributed by atoms with van der Waals surface area (Å²) in [5.74, 6) is -0.457. The highest BCUT2D eigenvalue weighted by atomic mass is 32.1. The van der Waals surface area contributed by atoms with E-state index in [-0.39, 0.29) is 4.88 Å². The van der Waals surface area contributed by atoms with Crippen LogP contribution in [-0.2, 0) is 7.05 Å². The van der Waals surface area contributed by atoms with E-state index in [1.165, 1.54) is 6.07 Å². The van der Waals surface area contributed by atoms with Crippen LogP contribution in [0.3, 0.4) is 0 Å². The van der Waals surface area contributed by atoms with Crippen LogP contribution in [-0.4, -0.2) is 20.6 Å². The average Bonchev–Trinajstić information content (AvgIpc) is 2.77. The van der Waals surface area contributed by atoms with Crippen molar-refractivity contribution in [2.24, 2.45) is 7.05 Å². The van der Waals surface area contributed by atoms with Crippen LogP contribution in [0, 0.1) is 0 Å². The van der Waals surface area contributed by atoms with E-state index < -0.39 is 5.97 Å². The van der Waals surface area contributed by atoms with Crippen LogP contribution in [0.2, 0.25) is 0 Å². The van der Waals surface area contributed by atoms with Gasteiger partial charge in [-0.3, -0.25) is 0 Å². The van der Waals surface area contributed by atoms with Gasteiger partial charge in [0.1, 0.15) is 10.6 Å². The molecule has 0 aliphatic heterocycles. The number of carbonyl (C=O) groups is 1. The molecular formula is C9H8N2O3S. The van der Waals surface area contributed by atoms with Crippen molar-refractivity contribution in [3.8, 4) is 11.8 Å². The zero-order valence-corrected chi connectivity index (χ0v) is 8.69. The third kappa shape index (κ3) is 1.99. The summed E-state index contributed by atoms with van der Waals surface area (Å²) >= 11 is 1.12. The van der Waals surface area contributed by atoms with Crippen molar-refractivity contribution >= 4 is 17.3 Å². The Labute approximate surface area is 89.6 Å². The van der Waals surface area contributed by atoms with Crippen LogP contribution in [0.15, 0.2) is 23.8 Å². The largest absolute Gasteiger partial charge is 0.477 e. The van der Waals surface area contributed by atoms with E-state index in [0.717, 1.165) is 11.3 Å². The van der Waals surface area contributed by atoms with Crippen molar-refractivity contribution in [2.75, 3.05) is 0 Å². The number of carboxylic acids is 1. The second-order valence-electron chi connectivity index (χ2n) is 2.87. The van der Waals surface area contributed by atoms with Crippen LogP contribution in [0.1, 0.15) is 9.67 Å². The molecule has 0 radical (unpaired) electrons. The molecule has 5 nitrogen and oxygen atoms in total. The Balaban J connectivity index is 2.18. The SMILES string of the molecule is Cn1ccnc1Oc1csc(C(=O)O)c1. The van der Waals surface area contributed by atoms with E-state index in [0.29, 0.717) is 11.8 Å². The summed E-state index contributed by atoms with van der Waals surface area (Å²) in [5.41, 5.74) is 0. The van der Waals surface area contributed by atoms with Gasteiger partial charge in [0.25, 0.3) is 0 Å². The van der Waals surface area contributed by atoms with Gasteiger partial charge in [0.05, 0.1) is 0 Å². The van der Waals surface area contributed by atoms with E-state index in [1.807, 2.05) is 0 Å². The number of thiophene rings is 1. The Morgan fingerprint density at radius 1 is 1.67 bits per heavy atom. The van der Waals surface area contributed by atoms with Gasteiger partial charge in [-0.05, 0) is 0 Å². The van der Waals surface area contributed by atoms with Gasteiger partial charge in [-0.1, -0.05) is 0 Å². The standard InChI is InChI=1S/C9H8N2O3S/c1-11-3-2-10-9(11)14-6-4-7(8(12)13)15-5-6/h2-5H,1H3,(H,12,13). The zero-order chi connectivity index (χ0) is 10.8. The highest BCUT2D eigenvalue weighted by Crippen LogP contribution is 2.25. The maximum Gasteiger partial charge on any atom is 0.346 e. The van der Waals surface area contributed by atoms with Gasteiger partial charge in [-0.25, -0.2) is 9.78 Å². The molecule has 0 amide bonds. The average molecular weight is 224 g/mol. The Bertz CT molecular complexity index is 489. The number of imidazole rings is 1. The van der Waals surface area contributed by atoms with Gasteiger partial charge < -0.3 is 14.4 Å². The van der Waals surface area contributed by atoms with Crippen LogP contribution in [0.5, 0.6) is 11.8 Å². The smallest absolute Gasteiger partial charge is 0.346 e. The molecule has 0 saturated carbocycles. The Hall–Kier alpha value is -1.82. The Morgan fingerprint density at radius 3 is 3.00 bits per heavy atom. The highest BCUT2D eigenvalue weighted by Gasteiger charge is 2.09. The molecule has 78 valence electrons. The Morgan fingerprint density at radius 2 is 2.47 bits per heavy atom. The van der Waals surface area contributed by atoms with E-state index >= 15 is 0 Å². The predicted molar refractivity (Wildman–Crippen MR) is 54.6 cm³/mol. The number of aromatic carboxylic acids is 1. The summed E-state index contributed by atoms with van der Waals surface area (Å²) in [7, 11) is 1.80. The summed E-state index contributed by atoms with van der Waals surface area (Å²) in [6.07, 6.45) is 3.36. The summed E-state index contributed by atoms with van der Waals surface area (Å²) in [5, 5.41) is 10.3. The number of ether oxygens (including phenoxy) is 1. The number of aryl methyl sites for hydroxylation is 1. The molecule has 0 saturated heterocycles. The number of rotatable bonds is 3. The van der Waals surface area contributed by atoms with E-state index in [9.17, 15) is 4.79 Å². The molecule has 1 N–H and O–H groups in total. The van der Waals surface area contributed by atoms with Crippen LogP contribution < -0.4 is 4.74 Å². The summed E-state index contributed by atoms with van der Waals surface area (Å²) < 4.78 is 7.09. The molecule has 0 aliphatic carbocycles. The minimum atomic E-state index is -0.949. The minimum Gasteiger partial charge on any atom is -0.477 e. The fourth-order valence-electron chi connectivity index (χ4n) is 1.04. The first kappa shape index (κ1) is 9.72. The predicted octanol–water partition coefficient (Wildman–Crippen LogP) is 1.97. The van der Waals surface area contributed by atoms with E-state index in [4.69, 9.17) is 9.84 Å². The molecule has 6 heteroatoms. The zero-order valence-electron chi connectivity index (χ0n) is 7.88. The number of carboxylic acid groups (broad SMARTS) is 1. The van der Waals surface area contributed by atoms with Crippen molar-refractivity contribution in [2.45, 2.75) is 0 Å². The maximum absolute atomic E-state index is 10.6. The Kier molecular flexibility index (Phi) is 2.42. The molecule has 2 rings (SSSR count). The van der Waals surface area contributed by atoms with Crippen molar-refractivity contribution in [3.63, 3.8) is 0 Å². The quantitative estimate of drug-likeness (QED) is 0.865. The van der Waals surface area contributed by atoms with Crippen LogP contribution in [0.25, 0.3) is 0 Å². The van der Waals surface area contributed by atoms with Gasteiger partial charge in [-0.2, -0.15) is 0 Å². The van der Waals surface area contributed by atoms with Gasteiger partial charge in [-0.15, -0.1) is 11.3 Å². The fraction of sp³-hybridized carbons (Fsp3) is 0.111. The lowest BCUT2D eigenvalue weighted by molar-refractivity contribution is 0.0702. The summed E-state index contributed by atoms with van der Waals surface area (Å²) in [6, 6.07) is 1.91. The van der Waals surface area contributed by atoms with Crippen molar-refractivity contribution in [3.05, 3.63) is 28.7 Å². The summed E-state index contributed by atoms with van der Waals surface area (Å²) in [6.45, 7) is 0. The number of hydrogen-bond acceptors (Lipinski definition) is 4. The van der Waals surface area contributed by atoms with Crippen LogP contribution >= 0.6 is 11.3 Å². The first-order valence-corrected chi connectivity index (χ1v) is 5.02. The maximum atomic E-state index is 10.6. The molecule has 2 aromatic heterocycles. The van der Waals surface area contributed by atoms with Crippen LogP contribution in [0.4, 0.5) is 0 Å². The molecule has 0 spiro atoms. The first-order chi connectivity index (χ1) is 7.16. The van der Waals surface area contributed by atoms with Gasteiger partial charge in [0.2, 0.25) is 0 Å². The molecule has 0 fully saturated rings. The van der Waals surface area contributed by atoms with Crippen molar-refractivity contribution in [1.82, 2.24) is 9.55 Å². The monoisotopic (exact) mass is 224 g/mol. The first-order valence-electron chi connectivity index (χ1n) is 4.14. The molecule has 15 heavy (non-hydrogen) atoms. The molecule has 0 aromatic carbocycles. The molecule has 0 atom stereocenters. The molecule has 2 aromatic rings. The van der Waals surface area contributed by atoms with Crippen molar-refractivity contribution < 1.29 is 14.6 Å². The fourth-order valence-corrected chi connectivity index (χ4v) is 1.68. The molecule has 0 unspecified atom stereocenters. The van der Waals surface area contributed by atoms with Crippen molar-refractivity contribution in [1.29, 1.82) is 0 Å². The van der Waals surface area contributed by atoms with E-state index in [1.54, 1.807) is 29.4 Å². The third-order valence-corrected chi connectivity index (χ3v) is 2.67. The minimum absolute atomic E-state index is 0.249. The topological polar surface area (TPSA) is 64.4 Å². The number of hydrogen-bond donors (Lipinski definition) is 1. The lowest BCUT2D eigenvalue weighted by atomic mass is 10.4. The lowest BCUT2D eigenvalue weighted by Gasteiger charge is -2.00. The van der Waals surface area contributed by atoms with Gasteiger partial charge in [0, 0.05) is 30.9 Å². The normalized spacial score (nSPS) is 10.2. The highest BCUT2D eigenvalue weighted by molar-refractivity contribution is 7.12. The lowest BCUT2D eigenvalue weighted by Crippen LogP contribution is -1.93. The van der Waals surface area contributed by atoms with E-state index in [2.05, 4.69) is 4.98 Å². The molecule has 0 bridgehead atoms. The molecule has 0 aliphatic rings. The van der Waals surface area contributed by atoms with Gasteiger partial charge >= 0.3 is 12.0 Å². The second-order valence-corrected chi connectivity index (χ2v) is 3.79. The molecule has 2 heterocycles. The van der Waals surface area contributed by atoms with Gasteiger partial charge in [0.15, 0.2) is 0 Å². The molecular weight excluding hydrogens is 216 g/mol. The number of aromatic nitrogens is 2.